The van der Waals surface area contributed by atoms with Gasteiger partial charge in [-0.15, -0.1) is 0 Å². The van der Waals surface area contributed by atoms with Gasteiger partial charge >= 0.3 is 0 Å². The third-order valence-corrected chi connectivity index (χ3v) is 8.09. The van der Waals surface area contributed by atoms with E-state index in [2.05, 4.69) is 41.5 Å². The van der Waals surface area contributed by atoms with Crippen molar-refractivity contribution in [1.29, 1.82) is 0 Å². The highest BCUT2D eigenvalue weighted by molar-refractivity contribution is 5.96. The van der Waals surface area contributed by atoms with Crippen LogP contribution in [0.1, 0.15) is 44.7 Å². The molecule has 3 heterocycles. The quantitative estimate of drug-likeness (QED) is 0.580. The lowest BCUT2D eigenvalue weighted by atomic mass is 9.57. The van der Waals surface area contributed by atoms with Gasteiger partial charge < -0.3 is 15.4 Å². The maximum atomic E-state index is 13.8. The number of piperidine rings is 2. The first-order chi connectivity index (χ1) is 16.9. The normalized spacial score (nSPS) is 29.3. The number of amides is 2. The van der Waals surface area contributed by atoms with Crippen LogP contribution in [0.2, 0.25) is 0 Å². The summed E-state index contributed by atoms with van der Waals surface area (Å²) in [5, 5.41) is 6.41. The van der Waals surface area contributed by atoms with Crippen molar-refractivity contribution in [3.05, 3.63) is 65.7 Å². The lowest BCUT2D eigenvalue weighted by Gasteiger charge is -2.55. The summed E-state index contributed by atoms with van der Waals surface area (Å²) in [5.74, 6) is 1.59. The Kier molecular flexibility index (Phi) is 6.58. The van der Waals surface area contributed by atoms with Crippen molar-refractivity contribution in [2.75, 3.05) is 13.2 Å². The van der Waals surface area contributed by atoms with E-state index in [1.54, 1.807) is 0 Å². The maximum Gasteiger partial charge on any atom is 0.246 e. The Balaban J connectivity index is 1.40. The molecule has 0 aromatic heterocycles. The molecule has 1 saturated carbocycles. The van der Waals surface area contributed by atoms with Crippen molar-refractivity contribution in [3.63, 3.8) is 0 Å². The van der Waals surface area contributed by atoms with E-state index in [0.29, 0.717) is 19.1 Å². The Hall–Kier alpha value is -2.86. The number of ether oxygens (including phenoxy) is 1. The van der Waals surface area contributed by atoms with Crippen LogP contribution in [0.5, 0.6) is 5.75 Å². The molecule has 35 heavy (non-hydrogen) atoms. The van der Waals surface area contributed by atoms with E-state index in [1.807, 2.05) is 49.4 Å². The summed E-state index contributed by atoms with van der Waals surface area (Å²) in [6.45, 7) is 9.18. The molecule has 186 valence electrons. The molecule has 6 rings (SSSR count). The third kappa shape index (κ3) is 4.44. The zero-order valence-corrected chi connectivity index (χ0v) is 21.0. The van der Waals surface area contributed by atoms with Crippen LogP contribution in [0.15, 0.2) is 54.6 Å². The Morgan fingerprint density at radius 3 is 2.57 bits per heavy atom. The van der Waals surface area contributed by atoms with Crippen molar-refractivity contribution in [2.45, 2.75) is 58.3 Å². The second-order valence-corrected chi connectivity index (χ2v) is 10.9. The first-order valence-electron chi connectivity index (χ1n) is 13.0. The molecule has 2 amide bonds. The minimum Gasteiger partial charge on any atom is -0.494 e. The van der Waals surface area contributed by atoms with E-state index in [4.69, 9.17) is 4.74 Å². The topological polar surface area (TPSA) is 70.7 Å². The number of nitrogens with one attached hydrogen (secondary N) is 2. The van der Waals surface area contributed by atoms with E-state index in [0.717, 1.165) is 37.2 Å². The van der Waals surface area contributed by atoms with Gasteiger partial charge in [0.25, 0.3) is 0 Å². The smallest absolute Gasteiger partial charge is 0.246 e. The van der Waals surface area contributed by atoms with Crippen LogP contribution in [0.4, 0.5) is 0 Å². The highest BCUT2D eigenvalue weighted by Gasteiger charge is 2.67. The number of benzene rings is 2. The standard InChI is InChI=1S/C29H37N3O3/c1-4-35-23-12-10-21(11-13-23)17-32-18-22-15-29(28(34)30-16-20-8-6-5-7-9-20)24(14-19(2)3)26(32)25(22)27(33)31-29/h5-13,19,22,24-26H,4,14-18H2,1-3H3,(H,30,34)(H,31,33)/t22-,24+,25-,26-,29+/m1/s1. The Labute approximate surface area is 208 Å². The molecule has 0 radical (unpaired) electrons. The second-order valence-electron chi connectivity index (χ2n) is 10.9. The molecule has 4 fully saturated rings. The van der Waals surface area contributed by atoms with Crippen LogP contribution in [0.25, 0.3) is 0 Å². The van der Waals surface area contributed by atoms with Gasteiger partial charge in [0.2, 0.25) is 11.8 Å². The highest BCUT2D eigenvalue weighted by Crippen LogP contribution is 2.54. The molecule has 2 aromatic carbocycles. The third-order valence-electron chi connectivity index (χ3n) is 8.09. The maximum absolute atomic E-state index is 13.8. The number of nitrogens with zero attached hydrogens (tertiary/aromatic N) is 1. The molecule has 6 nitrogen and oxygen atoms in total. The summed E-state index contributed by atoms with van der Waals surface area (Å²) in [7, 11) is 0. The monoisotopic (exact) mass is 475 g/mol. The van der Waals surface area contributed by atoms with Crippen molar-refractivity contribution in [1.82, 2.24) is 15.5 Å². The van der Waals surface area contributed by atoms with Crippen molar-refractivity contribution in [2.24, 2.45) is 23.7 Å². The molecule has 3 aliphatic heterocycles. The van der Waals surface area contributed by atoms with E-state index in [9.17, 15) is 9.59 Å². The van der Waals surface area contributed by atoms with Crippen molar-refractivity contribution in [3.8, 4) is 5.75 Å². The summed E-state index contributed by atoms with van der Waals surface area (Å²) >= 11 is 0. The number of carbonyl (C=O) groups is 2. The molecule has 2 aromatic rings. The molecule has 2 N–H and O–H groups in total. The molecule has 0 unspecified atom stereocenters. The number of rotatable bonds is 9. The van der Waals surface area contributed by atoms with Crippen LogP contribution < -0.4 is 15.4 Å². The molecule has 0 spiro atoms. The fourth-order valence-corrected chi connectivity index (χ4v) is 6.78. The second kappa shape index (κ2) is 9.65. The molecule has 3 saturated heterocycles. The van der Waals surface area contributed by atoms with Gasteiger partial charge in [0.15, 0.2) is 0 Å². The molecular formula is C29H37N3O3. The molecule has 1 aliphatic carbocycles. The first kappa shape index (κ1) is 23.9. The van der Waals surface area contributed by atoms with Crippen LogP contribution >= 0.6 is 0 Å². The predicted octanol–water partition coefficient (Wildman–Crippen LogP) is 3.75. The SMILES string of the molecule is CCOc1ccc(CN2C[C@H]3C[C@]4(C(=O)NCc5ccccc5)NC(=O)[C@H]3[C@H]2[C@@H]4CC(C)C)cc1. The van der Waals surface area contributed by atoms with E-state index in [1.165, 1.54) is 5.56 Å². The van der Waals surface area contributed by atoms with Gasteiger partial charge in [-0.05, 0) is 54.9 Å². The van der Waals surface area contributed by atoms with Crippen LogP contribution in [0, 0.1) is 23.7 Å². The van der Waals surface area contributed by atoms with Gasteiger partial charge in [-0.1, -0.05) is 56.3 Å². The zero-order chi connectivity index (χ0) is 24.6. The summed E-state index contributed by atoms with van der Waals surface area (Å²) in [6, 6.07) is 18.3. The lowest BCUT2D eigenvalue weighted by molar-refractivity contribution is -0.155. The van der Waals surface area contributed by atoms with Crippen molar-refractivity contribution < 1.29 is 14.3 Å². The highest BCUT2D eigenvalue weighted by atomic mass is 16.5. The molecule has 4 aliphatic rings. The Morgan fingerprint density at radius 2 is 1.89 bits per heavy atom. The molecule has 4 bridgehead atoms. The lowest BCUT2D eigenvalue weighted by Crippen LogP contribution is -2.75. The van der Waals surface area contributed by atoms with Gasteiger partial charge in [-0.2, -0.15) is 0 Å². The number of fused-ring (bicyclic) bond motifs is 1. The fraction of sp³-hybridized carbons (Fsp3) is 0.517. The van der Waals surface area contributed by atoms with Gasteiger partial charge in [-0.25, -0.2) is 0 Å². The van der Waals surface area contributed by atoms with E-state index in [-0.39, 0.29) is 35.6 Å². The average Bonchev–Trinajstić information content (AvgIpc) is 3.15. The Bertz CT molecular complexity index is 1050. The number of carbonyl (C=O) groups excluding carboxylic acids is 2. The van der Waals surface area contributed by atoms with Gasteiger partial charge in [0.1, 0.15) is 11.3 Å². The van der Waals surface area contributed by atoms with Gasteiger partial charge in [0.05, 0.1) is 12.5 Å². The summed E-state index contributed by atoms with van der Waals surface area (Å²) in [4.78, 5) is 29.6. The predicted molar refractivity (Wildman–Crippen MR) is 136 cm³/mol. The Morgan fingerprint density at radius 1 is 1.14 bits per heavy atom. The largest absolute Gasteiger partial charge is 0.494 e. The van der Waals surface area contributed by atoms with E-state index < -0.39 is 5.54 Å². The molecule has 6 heteroatoms. The van der Waals surface area contributed by atoms with Crippen LogP contribution in [-0.2, 0) is 22.7 Å². The summed E-state index contributed by atoms with van der Waals surface area (Å²) < 4.78 is 5.60. The fourth-order valence-electron chi connectivity index (χ4n) is 6.78. The zero-order valence-electron chi connectivity index (χ0n) is 21.0. The van der Waals surface area contributed by atoms with Gasteiger partial charge in [0, 0.05) is 31.6 Å². The summed E-state index contributed by atoms with van der Waals surface area (Å²) in [6.07, 6.45) is 1.63. The van der Waals surface area contributed by atoms with E-state index >= 15 is 0 Å². The van der Waals surface area contributed by atoms with Crippen LogP contribution in [-0.4, -0.2) is 41.4 Å². The number of hydrogen-bond donors (Lipinski definition) is 2. The first-order valence-corrected chi connectivity index (χ1v) is 13.0. The number of likely N-dealkylation sites (tertiary alicyclic amines) is 1. The summed E-state index contributed by atoms with van der Waals surface area (Å²) in [5.41, 5.74) is 1.44. The minimum absolute atomic E-state index is 0.0311. The molecule has 5 atom stereocenters. The van der Waals surface area contributed by atoms with Gasteiger partial charge in [-0.3, -0.25) is 14.5 Å². The minimum atomic E-state index is -0.839. The van der Waals surface area contributed by atoms with Crippen LogP contribution in [0.3, 0.4) is 0 Å². The number of hydrogen-bond acceptors (Lipinski definition) is 4. The average molecular weight is 476 g/mol. The molecular weight excluding hydrogens is 438 g/mol. The van der Waals surface area contributed by atoms with Crippen molar-refractivity contribution >= 4 is 11.8 Å².